The second-order valence-electron chi connectivity index (χ2n) is 7.34. The van der Waals surface area contributed by atoms with Crippen LogP contribution in [-0.4, -0.2) is 48.0 Å². The average Bonchev–Trinajstić information content (AvgIpc) is 2.69. The molecule has 28 heavy (non-hydrogen) atoms. The number of carbonyl (C=O) groups excluding carboxylic acids is 1. The van der Waals surface area contributed by atoms with Gasteiger partial charge in [-0.15, -0.1) is 0 Å². The molecule has 0 atom stereocenters. The molecule has 7 nitrogen and oxygen atoms in total. The van der Waals surface area contributed by atoms with Gasteiger partial charge in [0.05, 0.1) is 4.92 Å². The molecule has 1 aliphatic rings. The zero-order valence-electron chi connectivity index (χ0n) is 16.5. The smallest absolute Gasteiger partial charge is 0.282 e. The highest BCUT2D eigenvalue weighted by atomic mass is 16.6. The van der Waals surface area contributed by atoms with Crippen molar-refractivity contribution < 1.29 is 9.72 Å². The van der Waals surface area contributed by atoms with E-state index in [2.05, 4.69) is 29.0 Å². The summed E-state index contributed by atoms with van der Waals surface area (Å²) >= 11 is 0. The lowest BCUT2D eigenvalue weighted by Gasteiger charge is -2.38. The van der Waals surface area contributed by atoms with Crippen LogP contribution < -0.4 is 10.2 Å². The lowest BCUT2D eigenvalue weighted by Crippen LogP contribution is -2.48. The van der Waals surface area contributed by atoms with Crippen LogP contribution in [0, 0.1) is 17.0 Å². The van der Waals surface area contributed by atoms with E-state index in [-0.39, 0.29) is 11.3 Å². The van der Waals surface area contributed by atoms with E-state index >= 15 is 0 Å². The summed E-state index contributed by atoms with van der Waals surface area (Å²) in [6, 6.07) is 12.7. The quantitative estimate of drug-likeness (QED) is 0.630. The maximum Gasteiger partial charge on any atom is 0.282 e. The second-order valence-corrected chi connectivity index (χ2v) is 7.34. The number of nitrogens with one attached hydrogen (secondary N) is 1. The van der Waals surface area contributed by atoms with Gasteiger partial charge in [-0.05, 0) is 44.5 Å². The summed E-state index contributed by atoms with van der Waals surface area (Å²) in [5.74, 6) is -0.469. The lowest BCUT2D eigenvalue weighted by molar-refractivity contribution is -0.385. The minimum atomic E-state index is -0.507. The molecule has 1 N–H and O–H groups in total. The number of rotatable bonds is 5. The number of amides is 1. The maximum atomic E-state index is 12.8. The van der Waals surface area contributed by atoms with Gasteiger partial charge in [-0.1, -0.05) is 18.2 Å². The molecule has 0 saturated carbocycles. The van der Waals surface area contributed by atoms with Crippen molar-refractivity contribution in [1.82, 2.24) is 4.90 Å². The number of nitro groups is 1. The first kappa shape index (κ1) is 19.8. The minimum Gasteiger partial charge on any atom is -0.369 e. The van der Waals surface area contributed by atoms with Crippen LogP contribution >= 0.6 is 0 Å². The van der Waals surface area contributed by atoms with Gasteiger partial charge in [-0.3, -0.25) is 19.8 Å². The fraction of sp³-hybridized carbons (Fsp3) is 0.381. The number of aryl methyl sites for hydroxylation is 1. The molecule has 2 aromatic rings. The van der Waals surface area contributed by atoms with Crippen molar-refractivity contribution >= 4 is 23.0 Å². The van der Waals surface area contributed by atoms with Crippen molar-refractivity contribution in [3.8, 4) is 0 Å². The Hall–Kier alpha value is -2.93. The summed E-state index contributed by atoms with van der Waals surface area (Å²) < 4.78 is 0. The predicted octanol–water partition coefficient (Wildman–Crippen LogP) is 3.69. The maximum absolute atomic E-state index is 12.8. The summed E-state index contributed by atoms with van der Waals surface area (Å²) in [6.45, 7) is 9.75. The van der Waals surface area contributed by atoms with Crippen molar-refractivity contribution in [1.29, 1.82) is 0 Å². The highest BCUT2D eigenvalue weighted by molar-refractivity contribution is 6.08. The third-order valence-corrected chi connectivity index (χ3v) is 5.22. The zero-order valence-corrected chi connectivity index (χ0v) is 16.5. The third kappa shape index (κ3) is 4.31. The number of benzene rings is 2. The van der Waals surface area contributed by atoms with Crippen molar-refractivity contribution in [3.05, 3.63) is 63.7 Å². The van der Waals surface area contributed by atoms with Gasteiger partial charge in [0, 0.05) is 49.7 Å². The molecule has 3 rings (SSSR count). The molecule has 1 amide bonds. The van der Waals surface area contributed by atoms with Crippen molar-refractivity contribution in [2.75, 3.05) is 36.4 Å². The molecular formula is C21H26N4O3. The van der Waals surface area contributed by atoms with Crippen LogP contribution in [0.1, 0.15) is 29.8 Å². The van der Waals surface area contributed by atoms with E-state index in [0.717, 1.165) is 37.4 Å². The predicted molar refractivity (Wildman–Crippen MR) is 111 cm³/mol. The number of para-hydroxylation sites is 1. The molecular weight excluding hydrogens is 356 g/mol. The number of carbonyl (C=O) groups is 1. The van der Waals surface area contributed by atoms with Gasteiger partial charge in [0.2, 0.25) is 0 Å². The van der Waals surface area contributed by atoms with Crippen LogP contribution in [0.15, 0.2) is 42.5 Å². The first-order valence-corrected chi connectivity index (χ1v) is 9.51. The first-order valence-electron chi connectivity index (χ1n) is 9.51. The Balaban J connectivity index is 1.85. The van der Waals surface area contributed by atoms with E-state index in [0.29, 0.717) is 11.7 Å². The van der Waals surface area contributed by atoms with Crippen LogP contribution in [0.2, 0.25) is 0 Å². The zero-order chi connectivity index (χ0) is 20.3. The standard InChI is InChI=1S/C21H26N4O3/c1-15(2)23-10-12-24(13-11-23)17-8-9-20(25(27)28)18(14-17)21(26)22-19-7-5-4-6-16(19)3/h4-9,14-15H,10-13H2,1-3H3,(H,22,26). The summed E-state index contributed by atoms with van der Waals surface area (Å²) in [4.78, 5) is 28.3. The number of anilines is 2. The van der Waals surface area contributed by atoms with Gasteiger partial charge < -0.3 is 10.2 Å². The Morgan fingerprint density at radius 3 is 2.39 bits per heavy atom. The molecule has 2 aromatic carbocycles. The van der Waals surface area contributed by atoms with Crippen molar-refractivity contribution in [3.63, 3.8) is 0 Å². The fourth-order valence-electron chi connectivity index (χ4n) is 3.46. The molecule has 0 bridgehead atoms. The molecule has 1 fully saturated rings. The van der Waals surface area contributed by atoms with Crippen LogP contribution in [0.3, 0.4) is 0 Å². The summed E-state index contributed by atoms with van der Waals surface area (Å²) in [5.41, 5.74) is 2.29. The average molecular weight is 382 g/mol. The molecule has 0 aliphatic carbocycles. The number of hydrogen-bond acceptors (Lipinski definition) is 5. The Morgan fingerprint density at radius 2 is 1.79 bits per heavy atom. The normalized spacial score (nSPS) is 14.9. The van der Waals surface area contributed by atoms with Gasteiger partial charge in [0.1, 0.15) is 5.56 Å². The monoisotopic (exact) mass is 382 g/mol. The van der Waals surface area contributed by atoms with Crippen molar-refractivity contribution in [2.45, 2.75) is 26.8 Å². The summed E-state index contributed by atoms with van der Waals surface area (Å²) in [7, 11) is 0. The van der Waals surface area contributed by atoms with E-state index in [1.54, 1.807) is 18.2 Å². The van der Waals surface area contributed by atoms with Gasteiger partial charge in [0.25, 0.3) is 11.6 Å². The topological polar surface area (TPSA) is 78.7 Å². The largest absolute Gasteiger partial charge is 0.369 e. The molecule has 0 unspecified atom stereocenters. The van der Waals surface area contributed by atoms with E-state index in [9.17, 15) is 14.9 Å². The van der Waals surface area contributed by atoms with E-state index in [4.69, 9.17) is 0 Å². The second kappa shape index (κ2) is 8.39. The van der Waals surface area contributed by atoms with Gasteiger partial charge in [0.15, 0.2) is 0 Å². The van der Waals surface area contributed by atoms with Gasteiger partial charge in [-0.25, -0.2) is 0 Å². The Morgan fingerprint density at radius 1 is 1.11 bits per heavy atom. The number of piperazine rings is 1. The van der Waals surface area contributed by atoms with E-state index < -0.39 is 10.8 Å². The Kier molecular flexibility index (Phi) is 5.94. The molecule has 1 heterocycles. The fourth-order valence-corrected chi connectivity index (χ4v) is 3.46. The van der Waals surface area contributed by atoms with Crippen molar-refractivity contribution in [2.24, 2.45) is 0 Å². The summed E-state index contributed by atoms with van der Waals surface area (Å²) in [6.07, 6.45) is 0. The van der Waals surface area contributed by atoms with Crippen LogP contribution in [0.5, 0.6) is 0 Å². The van der Waals surface area contributed by atoms with Gasteiger partial charge >= 0.3 is 0 Å². The highest BCUT2D eigenvalue weighted by Crippen LogP contribution is 2.27. The molecule has 0 spiro atoms. The van der Waals surface area contributed by atoms with Gasteiger partial charge in [-0.2, -0.15) is 0 Å². The number of nitrogens with zero attached hydrogens (tertiary/aromatic N) is 3. The molecule has 0 aromatic heterocycles. The first-order chi connectivity index (χ1) is 13.4. The Labute approximate surface area is 165 Å². The highest BCUT2D eigenvalue weighted by Gasteiger charge is 2.24. The molecule has 1 aliphatic heterocycles. The molecule has 7 heteroatoms. The van der Waals surface area contributed by atoms with Crippen LogP contribution in [0.4, 0.5) is 17.1 Å². The Bertz CT molecular complexity index is 874. The van der Waals surface area contributed by atoms with Crippen LogP contribution in [-0.2, 0) is 0 Å². The van der Waals surface area contributed by atoms with Crippen LogP contribution in [0.25, 0.3) is 0 Å². The molecule has 1 saturated heterocycles. The SMILES string of the molecule is Cc1ccccc1NC(=O)c1cc(N2CCN(C(C)C)CC2)ccc1[N+](=O)[O-]. The number of nitro benzene ring substituents is 1. The summed E-state index contributed by atoms with van der Waals surface area (Å²) in [5, 5.41) is 14.3. The van der Waals surface area contributed by atoms with E-state index in [1.165, 1.54) is 6.07 Å². The minimum absolute atomic E-state index is 0.0806. The molecule has 148 valence electrons. The van der Waals surface area contributed by atoms with E-state index in [1.807, 2.05) is 25.1 Å². The molecule has 0 radical (unpaired) electrons. The number of hydrogen-bond donors (Lipinski definition) is 1. The third-order valence-electron chi connectivity index (χ3n) is 5.22. The lowest BCUT2D eigenvalue weighted by atomic mass is 10.1.